The normalized spacial score (nSPS) is 14.5. The van der Waals surface area contributed by atoms with Gasteiger partial charge in [0.05, 0.1) is 6.54 Å². The largest absolute Gasteiger partial charge is 0.444 e. The minimum Gasteiger partial charge on any atom is -0.444 e. The van der Waals surface area contributed by atoms with E-state index >= 15 is 0 Å². The number of nitrogens with one attached hydrogen (secondary N) is 2. The first-order valence-electron chi connectivity index (χ1n) is 8.05. The third-order valence-electron chi connectivity index (χ3n) is 3.66. The molecule has 5 nitrogen and oxygen atoms in total. The fourth-order valence-corrected chi connectivity index (χ4v) is 2.50. The molecular weight excluding hydrogens is 415 g/mol. The number of hydrogen-bond acceptors (Lipinski definition) is 3. The van der Waals surface area contributed by atoms with E-state index in [-0.39, 0.29) is 24.0 Å². The quantitative estimate of drug-likeness (QED) is 0.323. The van der Waals surface area contributed by atoms with E-state index < -0.39 is 0 Å². The van der Waals surface area contributed by atoms with Crippen LogP contribution in [0.5, 0.6) is 0 Å². The Hall–Kier alpha value is -1.83. The van der Waals surface area contributed by atoms with Crippen LogP contribution in [0.25, 0.3) is 11.5 Å². The standard InChI is InChI=1S/C18H22N4O.HI/c1-2-19-18(22-15-10-6-7-11-15)20-12-16-13-23-17(21-16)14-8-4-3-5-9-14;/h3-9,13,15H,2,10-12H2,1H3,(H2,19,20,22);1H. The highest BCUT2D eigenvalue weighted by molar-refractivity contribution is 14.0. The second kappa shape index (κ2) is 9.46. The number of nitrogens with zero attached hydrogens (tertiary/aromatic N) is 2. The Bertz CT molecular complexity index is 673. The molecule has 0 spiro atoms. The summed E-state index contributed by atoms with van der Waals surface area (Å²) in [6, 6.07) is 10.3. The Morgan fingerprint density at radius 3 is 2.71 bits per heavy atom. The lowest BCUT2D eigenvalue weighted by molar-refractivity contribution is 0.572. The molecule has 0 radical (unpaired) electrons. The minimum atomic E-state index is 0. The molecule has 0 saturated carbocycles. The lowest BCUT2D eigenvalue weighted by Gasteiger charge is -2.16. The summed E-state index contributed by atoms with van der Waals surface area (Å²) in [4.78, 5) is 9.10. The van der Waals surface area contributed by atoms with Crippen LogP contribution in [0.4, 0.5) is 0 Å². The average Bonchev–Trinajstić information content (AvgIpc) is 3.25. The fraction of sp³-hybridized carbons (Fsp3) is 0.333. The number of rotatable bonds is 5. The molecule has 1 aromatic heterocycles. The van der Waals surface area contributed by atoms with Crippen LogP contribution in [0.3, 0.4) is 0 Å². The van der Waals surface area contributed by atoms with Gasteiger partial charge in [0, 0.05) is 18.2 Å². The van der Waals surface area contributed by atoms with Gasteiger partial charge in [0.25, 0.3) is 0 Å². The summed E-state index contributed by atoms with van der Waals surface area (Å²) in [6.45, 7) is 3.39. The maximum Gasteiger partial charge on any atom is 0.226 e. The molecule has 24 heavy (non-hydrogen) atoms. The Labute approximate surface area is 159 Å². The topological polar surface area (TPSA) is 62.5 Å². The van der Waals surface area contributed by atoms with Crippen molar-refractivity contribution in [3.8, 4) is 11.5 Å². The van der Waals surface area contributed by atoms with Gasteiger partial charge in [0.15, 0.2) is 5.96 Å². The monoisotopic (exact) mass is 438 g/mol. The maximum absolute atomic E-state index is 5.55. The van der Waals surface area contributed by atoms with E-state index in [0.717, 1.165) is 36.6 Å². The van der Waals surface area contributed by atoms with Gasteiger partial charge in [-0.15, -0.1) is 24.0 Å². The molecule has 1 aliphatic rings. The zero-order valence-corrected chi connectivity index (χ0v) is 16.1. The molecule has 0 fully saturated rings. The number of benzene rings is 1. The van der Waals surface area contributed by atoms with Crippen LogP contribution in [0.15, 0.2) is 58.2 Å². The maximum atomic E-state index is 5.55. The number of aliphatic imine (C=N–C) groups is 1. The number of oxazole rings is 1. The summed E-state index contributed by atoms with van der Waals surface area (Å²) in [5.74, 6) is 1.46. The molecule has 2 aromatic rings. The van der Waals surface area contributed by atoms with Crippen LogP contribution >= 0.6 is 24.0 Å². The highest BCUT2D eigenvalue weighted by Crippen LogP contribution is 2.18. The van der Waals surface area contributed by atoms with Gasteiger partial charge in [-0.05, 0) is 31.9 Å². The summed E-state index contributed by atoms with van der Waals surface area (Å²) in [6.07, 6.45) is 8.17. The van der Waals surface area contributed by atoms with Crippen LogP contribution in [-0.2, 0) is 6.54 Å². The molecule has 3 rings (SSSR count). The Balaban J connectivity index is 0.00000208. The van der Waals surface area contributed by atoms with Crippen LogP contribution in [0, 0.1) is 0 Å². The second-order valence-corrected chi connectivity index (χ2v) is 5.49. The van der Waals surface area contributed by atoms with Crippen molar-refractivity contribution in [2.45, 2.75) is 32.4 Å². The SMILES string of the molecule is CCNC(=NCc1coc(-c2ccccc2)n1)NC1CC=CC1.I. The third-order valence-corrected chi connectivity index (χ3v) is 3.66. The Kier molecular flexibility index (Phi) is 7.30. The van der Waals surface area contributed by atoms with E-state index in [1.165, 1.54) is 0 Å². The Morgan fingerprint density at radius 2 is 2.00 bits per heavy atom. The van der Waals surface area contributed by atoms with Crippen LogP contribution in [-0.4, -0.2) is 23.5 Å². The second-order valence-electron chi connectivity index (χ2n) is 5.49. The van der Waals surface area contributed by atoms with Crippen molar-refractivity contribution in [1.29, 1.82) is 0 Å². The van der Waals surface area contributed by atoms with Gasteiger partial charge in [-0.1, -0.05) is 30.4 Å². The van der Waals surface area contributed by atoms with E-state index in [1.54, 1.807) is 6.26 Å². The first kappa shape index (κ1) is 18.5. The van der Waals surface area contributed by atoms with Crippen molar-refractivity contribution >= 4 is 29.9 Å². The van der Waals surface area contributed by atoms with Gasteiger partial charge >= 0.3 is 0 Å². The van der Waals surface area contributed by atoms with E-state index in [1.807, 2.05) is 30.3 Å². The highest BCUT2D eigenvalue weighted by Gasteiger charge is 2.12. The summed E-state index contributed by atoms with van der Waals surface area (Å²) >= 11 is 0. The Morgan fingerprint density at radius 1 is 1.25 bits per heavy atom. The molecule has 2 N–H and O–H groups in total. The van der Waals surface area contributed by atoms with Gasteiger partial charge in [-0.25, -0.2) is 9.98 Å². The molecule has 1 aromatic carbocycles. The molecule has 0 bridgehead atoms. The first-order chi connectivity index (χ1) is 11.3. The summed E-state index contributed by atoms with van der Waals surface area (Å²) in [5, 5.41) is 6.71. The molecule has 0 atom stereocenters. The van der Waals surface area contributed by atoms with Crippen LogP contribution in [0.1, 0.15) is 25.5 Å². The summed E-state index contributed by atoms with van der Waals surface area (Å²) < 4.78 is 5.55. The summed E-state index contributed by atoms with van der Waals surface area (Å²) in [5.41, 5.74) is 1.80. The van der Waals surface area contributed by atoms with Crippen LogP contribution in [0.2, 0.25) is 0 Å². The molecule has 1 aliphatic carbocycles. The molecule has 128 valence electrons. The smallest absolute Gasteiger partial charge is 0.226 e. The molecule has 6 heteroatoms. The average molecular weight is 438 g/mol. The van der Waals surface area contributed by atoms with Crippen molar-refractivity contribution in [2.75, 3.05) is 6.54 Å². The number of aromatic nitrogens is 1. The van der Waals surface area contributed by atoms with Crippen molar-refractivity contribution in [3.63, 3.8) is 0 Å². The minimum absolute atomic E-state index is 0. The van der Waals surface area contributed by atoms with Crippen LogP contribution < -0.4 is 10.6 Å². The van der Waals surface area contributed by atoms with Crippen molar-refractivity contribution in [3.05, 3.63) is 54.4 Å². The molecule has 0 saturated heterocycles. The third kappa shape index (κ3) is 5.09. The van der Waals surface area contributed by atoms with Crippen molar-refractivity contribution < 1.29 is 4.42 Å². The van der Waals surface area contributed by atoms with E-state index in [0.29, 0.717) is 18.5 Å². The number of hydrogen-bond donors (Lipinski definition) is 2. The van der Waals surface area contributed by atoms with E-state index in [9.17, 15) is 0 Å². The van der Waals surface area contributed by atoms with Gasteiger partial charge < -0.3 is 15.1 Å². The molecule has 1 heterocycles. The van der Waals surface area contributed by atoms with Gasteiger partial charge in [-0.3, -0.25) is 0 Å². The molecular formula is C18H23IN4O. The lowest BCUT2D eigenvalue weighted by atomic mass is 10.2. The molecule has 0 aliphatic heterocycles. The van der Waals surface area contributed by atoms with E-state index in [2.05, 4.69) is 39.7 Å². The number of guanidine groups is 1. The van der Waals surface area contributed by atoms with Gasteiger partial charge in [0.1, 0.15) is 12.0 Å². The summed E-state index contributed by atoms with van der Waals surface area (Å²) in [7, 11) is 0. The zero-order valence-electron chi connectivity index (χ0n) is 13.7. The number of halogens is 1. The van der Waals surface area contributed by atoms with E-state index in [4.69, 9.17) is 4.42 Å². The fourth-order valence-electron chi connectivity index (χ4n) is 2.50. The van der Waals surface area contributed by atoms with Crippen molar-refractivity contribution in [1.82, 2.24) is 15.6 Å². The zero-order chi connectivity index (χ0) is 15.9. The predicted molar refractivity (Wildman–Crippen MR) is 107 cm³/mol. The van der Waals surface area contributed by atoms with Crippen molar-refractivity contribution in [2.24, 2.45) is 4.99 Å². The molecule has 0 amide bonds. The first-order valence-corrected chi connectivity index (χ1v) is 8.05. The van der Waals surface area contributed by atoms with Gasteiger partial charge in [-0.2, -0.15) is 0 Å². The van der Waals surface area contributed by atoms with Gasteiger partial charge in [0.2, 0.25) is 5.89 Å². The predicted octanol–water partition coefficient (Wildman–Crippen LogP) is 3.73. The lowest BCUT2D eigenvalue weighted by Crippen LogP contribution is -2.42. The highest BCUT2D eigenvalue weighted by atomic mass is 127. The molecule has 0 unspecified atom stereocenters.